The summed E-state index contributed by atoms with van der Waals surface area (Å²) in [5, 5.41) is 11.3. The summed E-state index contributed by atoms with van der Waals surface area (Å²) in [6.07, 6.45) is 0. The van der Waals surface area contributed by atoms with Crippen LogP contribution in [0.4, 0.5) is 0 Å². The van der Waals surface area contributed by atoms with Crippen LogP contribution in [0.25, 0.3) is 115 Å². The highest BCUT2D eigenvalue weighted by Gasteiger charge is 2.34. The van der Waals surface area contributed by atoms with Gasteiger partial charge in [-0.05, 0) is 64.7 Å². The zero-order valence-corrected chi connectivity index (χ0v) is 36.2. The molecule has 1 aliphatic rings. The largest absolute Gasteiger partial charge is 0.310 e. The Labute approximate surface area is 403 Å². The van der Waals surface area contributed by atoms with Crippen molar-refractivity contribution < 1.29 is 0 Å². The third-order valence-electron chi connectivity index (χ3n) is 15.5. The van der Waals surface area contributed by atoms with E-state index in [1.807, 2.05) is 18.2 Å². The second kappa shape index (κ2) is 13.0. The van der Waals surface area contributed by atoms with Crippen molar-refractivity contribution in [2.45, 2.75) is 5.92 Å². The highest BCUT2D eigenvalue weighted by atomic mass is 15.0. The van der Waals surface area contributed by atoms with Crippen molar-refractivity contribution in [3.8, 4) is 16.8 Å². The van der Waals surface area contributed by atoms with Gasteiger partial charge in [-0.1, -0.05) is 95.4 Å². The van der Waals surface area contributed by atoms with Crippen molar-refractivity contribution in [2.75, 3.05) is 0 Å². The van der Waals surface area contributed by atoms with Crippen LogP contribution in [-0.4, -0.2) is 91.8 Å². The maximum atomic E-state index is 6.80. The van der Waals surface area contributed by atoms with Gasteiger partial charge in [-0.2, -0.15) is 0 Å². The lowest BCUT2D eigenvalue weighted by molar-refractivity contribution is 1.04. The fourth-order valence-corrected chi connectivity index (χ4v) is 12.4. The van der Waals surface area contributed by atoms with Crippen molar-refractivity contribution in [3.05, 3.63) is 138 Å². The molecule has 13 heteroatoms. The molecule has 0 aliphatic heterocycles. The molecule has 1 aliphatic carbocycles. The summed E-state index contributed by atoms with van der Waals surface area (Å²) in [6.45, 7) is 0. The van der Waals surface area contributed by atoms with Crippen molar-refractivity contribution in [1.82, 2.24) is 13.4 Å². The minimum atomic E-state index is -0.309. The normalized spacial score (nSPS) is 14.0. The van der Waals surface area contributed by atoms with Gasteiger partial charge in [0.25, 0.3) is 0 Å². The van der Waals surface area contributed by atoms with Crippen LogP contribution in [0.1, 0.15) is 22.6 Å². The molecule has 0 saturated heterocycles. The van der Waals surface area contributed by atoms with Gasteiger partial charge in [0.15, 0.2) is 0 Å². The molecular weight excluding hydrogens is 811 g/mol. The maximum absolute atomic E-state index is 6.80. The molecule has 0 N–H and O–H groups in total. The van der Waals surface area contributed by atoms with Crippen LogP contribution in [0.15, 0.2) is 121 Å². The van der Waals surface area contributed by atoms with Gasteiger partial charge in [-0.15, -0.1) is 43.7 Å². The van der Waals surface area contributed by atoms with Gasteiger partial charge in [0.1, 0.15) is 78.5 Å². The molecule has 9 aromatic carbocycles. The monoisotopic (exact) mass is 833 g/mol. The molecule has 0 amide bonds. The van der Waals surface area contributed by atoms with Gasteiger partial charge in [-0.3, -0.25) is 0 Å². The minimum Gasteiger partial charge on any atom is -0.310 e. The van der Waals surface area contributed by atoms with E-state index in [9.17, 15) is 0 Å². The van der Waals surface area contributed by atoms with Crippen LogP contribution in [-0.2, 0) is 0 Å². The Morgan fingerprint density at radius 3 is 1.35 bits per heavy atom. The summed E-state index contributed by atoms with van der Waals surface area (Å²) in [5.74, 6) is -0.309. The van der Waals surface area contributed by atoms with Crippen molar-refractivity contribution in [2.24, 2.45) is 0 Å². The summed E-state index contributed by atoms with van der Waals surface area (Å²) in [5.41, 5.74) is 16.7. The van der Waals surface area contributed by atoms with E-state index < -0.39 is 0 Å². The molecule has 1 unspecified atom stereocenters. The second-order valence-electron chi connectivity index (χ2n) is 18.6. The summed E-state index contributed by atoms with van der Waals surface area (Å²) >= 11 is 0. The number of para-hydroxylation sites is 3. The number of benzene rings is 9. The van der Waals surface area contributed by atoms with E-state index in [1.165, 1.54) is 27.1 Å². The van der Waals surface area contributed by atoms with Crippen LogP contribution in [0.3, 0.4) is 0 Å². The lowest BCUT2D eigenvalue weighted by Crippen LogP contribution is -2.56. The molecule has 1 atom stereocenters. The van der Waals surface area contributed by atoms with Crippen LogP contribution in [0.2, 0.25) is 0 Å². The molecule has 20 radical (unpaired) electrons. The van der Waals surface area contributed by atoms with Gasteiger partial charge in [0.05, 0.1) is 44.1 Å². The highest BCUT2D eigenvalue weighted by Crippen LogP contribution is 2.51. The van der Waals surface area contributed by atoms with E-state index in [0.29, 0.717) is 22.2 Å². The SMILES string of the molecule is [B]c1c([B])c([B])c(C2c3ccccc3-c3cc4c(cc32)c2cccc3c5cc6c7cccc8c9cc%10c(cc9n(c6cc5n4c23)c87)c2ccccc2n%10-c2c([B])c([B])c([B])c([B])c2[B])c([B])c1[B]. The number of hydrogen-bond donors (Lipinski definition) is 0. The Morgan fingerprint density at radius 1 is 0.294 bits per heavy atom. The molecule has 15 rings (SSSR count). The number of fused-ring (bicyclic) bond motifs is 18. The Morgan fingerprint density at radius 2 is 0.735 bits per heavy atom. The predicted molar refractivity (Wildman–Crippen MR) is 297 cm³/mol. The molecule has 0 fully saturated rings. The molecule has 286 valence electrons. The lowest BCUT2D eigenvalue weighted by Gasteiger charge is -2.26. The molecule has 68 heavy (non-hydrogen) atoms. The first-order chi connectivity index (χ1) is 32.9. The Kier molecular flexibility index (Phi) is 7.45. The average Bonchev–Trinajstić information content (AvgIpc) is 4.19. The molecule has 0 saturated carbocycles. The molecule has 0 spiro atoms. The Balaban J connectivity index is 1.04. The van der Waals surface area contributed by atoms with Gasteiger partial charge in [0, 0.05) is 65.5 Å². The first-order valence-corrected chi connectivity index (χ1v) is 22.4. The minimum absolute atomic E-state index is 0.178. The van der Waals surface area contributed by atoms with E-state index >= 15 is 0 Å². The van der Waals surface area contributed by atoms with E-state index in [4.69, 9.17) is 78.5 Å². The van der Waals surface area contributed by atoms with Crippen LogP contribution >= 0.6 is 0 Å². The van der Waals surface area contributed by atoms with Gasteiger partial charge in [0.2, 0.25) is 0 Å². The summed E-state index contributed by atoms with van der Waals surface area (Å²) in [7, 11) is 65.6. The van der Waals surface area contributed by atoms with Gasteiger partial charge in [-0.25, -0.2) is 0 Å². The average molecular weight is 832 g/mol. The topological polar surface area (TPSA) is 13.8 Å². The smallest absolute Gasteiger partial charge is 0.115 e. The van der Waals surface area contributed by atoms with Gasteiger partial charge < -0.3 is 13.4 Å². The van der Waals surface area contributed by atoms with E-state index in [2.05, 4.69) is 116 Å². The van der Waals surface area contributed by atoms with Crippen LogP contribution in [0.5, 0.6) is 0 Å². The first-order valence-electron chi connectivity index (χ1n) is 22.4. The van der Waals surface area contributed by atoms with E-state index in [0.717, 1.165) is 93.2 Å². The Bertz CT molecular complexity index is 4640. The quantitative estimate of drug-likeness (QED) is 0.238. The van der Waals surface area contributed by atoms with Gasteiger partial charge >= 0.3 is 0 Å². The molecule has 5 heterocycles. The van der Waals surface area contributed by atoms with Crippen molar-refractivity contribution in [1.29, 1.82) is 0 Å². The van der Waals surface area contributed by atoms with Crippen molar-refractivity contribution in [3.63, 3.8) is 0 Å². The first kappa shape index (κ1) is 39.1. The molecule has 3 nitrogen and oxygen atoms in total. The number of aromatic nitrogens is 3. The maximum Gasteiger partial charge on any atom is 0.115 e. The zero-order valence-electron chi connectivity index (χ0n) is 36.2. The highest BCUT2D eigenvalue weighted by molar-refractivity contribution is 6.69. The lowest BCUT2D eigenvalue weighted by atomic mass is 9.58. The summed E-state index contributed by atoms with van der Waals surface area (Å²) < 4.78 is 6.96. The summed E-state index contributed by atoms with van der Waals surface area (Å²) in [6, 6.07) is 43.8. The second-order valence-corrected chi connectivity index (χ2v) is 18.6. The third-order valence-corrected chi connectivity index (χ3v) is 15.5. The number of nitrogens with zero attached hydrogens (tertiary/aromatic N) is 3. The van der Waals surface area contributed by atoms with Crippen molar-refractivity contribution >= 4 is 231 Å². The zero-order chi connectivity index (χ0) is 46.1. The molecular formula is C55H21B10N3. The number of hydrogen-bond acceptors (Lipinski definition) is 0. The third kappa shape index (κ3) is 4.46. The Hall–Kier alpha value is -6.97. The predicted octanol–water partition coefficient (Wildman–Crippen LogP) is 2.18. The fraction of sp³-hybridized carbons (Fsp3) is 0.0182. The molecule has 14 aromatic rings. The number of rotatable bonds is 2. The van der Waals surface area contributed by atoms with Crippen LogP contribution in [0, 0.1) is 0 Å². The fourth-order valence-electron chi connectivity index (χ4n) is 12.4. The standard InChI is InChI=1S/C55H21B10N3/c56-43-42(44(57)46(59)47(60)45(43)58)41-23-9-2-1-7-21(23)28-17-36-31(16-34(28)41)26-12-5-10-24-29-15-30-25-11-6-13-27-33-19-37-32(18-38(33)68(54(25)27)40(30)20-39(29)67(36)53(24)26)22-8-3-4-14-35(22)66(37)55-51(64)49(62)48(61)50(63)52(55)65/h1-20,41H. The summed E-state index contributed by atoms with van der Waals surface area (Å²) in [4.78, 5) is 0. The molecule has 0 bridgehead atoms. The van der Waals surface area contributed by atoms with E-state index in [1.54, 1.807) is 0 Å². The van der Waals surface area contributed by atoms with E-state index in [-0.39, 0.29) is 49.6 Å². The van der Waals surface area contributed by atoms with Crippen LogP contribution < -0.4 is 54.6 Å². The molecule has 5 aromatic heterocycles.